The number of primary amides is 1. The van der Waals surface area contributed by atoms with E-state index in [0.717, 1.165) is 12.8 Å². The van der Waals surface area contributed by atoms with E-state index in [0.29, 0.717) is 28.6 Å². The zero-order valence-corrected chi connectivity index (χ0v) is 16.9. The summed E-state index contributed by atoms with van der Waals surface area (Å²) in [5, 5.41) is 10.1. The van der Waals surface area contributed by atoms with E-state index in [9.17, 15) is 9.18 Å². The molecule has 2 N–H and O–H groups in total. The second-order valence-corrected chi connectivity index (χ2v) is 8.56. The van der Waals surface area contributed by atoms with Gasteiger partial charge >= 0.3 is 6.09 Å². The van der Waals surface area contributed by atoms with Crippen molar-refractivity contribution in [1.82, 2.24) is 15.2 Å². The number of halogens is 1. The van der Waals surface area contributed by atoms with Crippen molar-refractivity contribution in [3.8, 4) is 28.3 Å². The molecule has 2 heterocycles. The molecule has 1 saturated carbocycles. The number of rotatable bonds is 5. The van der Waals surface area contributed by atoms with Crippen LogP contribution in [-0.4, -0.2) is 21.3 Å². The normalized spacial score (nSPS) is 14.1. The van der Waals surface area contributed by atoms with Gasteiger partial charge in [-0.1, -0.05) is 32.1 Å². The molecule has 0 atom stereocenters. The van der Waals surface area contributed by atoms with Gasteiger partial charge in [0.15, 0.2) is 11.6 Å². The van der Waals surface area contributed by atoms with Crippen molar-refractivity contribution < 1.29 is 23.1 Å². The Labute approximate surface area is 169 Å². The predicted octanol–water partition coefficient (Wildman–Crippen LogP) is 4.76. The zero-order valence-electron chi connectivity index (χ0n) is 16.1. The first-order chi connectivity index (χ1) is 13.7. The molecule has 1 amide bonds. The van der Waals surface area contributed by atoms with Gasteiger partial charge in [0.05, 0.1) is 0 Å². The van der Waals surface area contributed by atoms with Crippen LogP contribution in [0, 0.1) is 5.82 Å². The minimum absolute atomic E-state index is 0.238. The van der Waals surface area contributed by atoms with E-state index < -0.39 is 17.3 Å². The fourth-order valence-electron chi connectivity index (χ4n) is 2.84. The van der Waals surface area contributed by atoms with Crippen molar-refractivity contribution in [3.05, 3.63) is 34.8 Å². The fraction of sp³-hybridized carbons (Fsp3) is 0.368. The van der Waals surface area contributed by atoms with Crippen molar-refractivity contribution >= 4 is 17.4 Å². The first-order valence-electron chi connectivity index (χ1n) is 9.00. The average molecular weight is 418 g/mol. The SMILES string of the molecule is CC(C)(C)c1c(Oc2nc(-c3nnc(C4CC4)o3)cs2)ccc(OC(N)=O)c1F. The van der Waals surface area contributed by atoms with Crippen LogP contribution in [-0.2, 0) is 5.41 Å². The second kappa shape index (κ2) is 7.11. The Hall–Kier alpha value is -3.01. The summed E-state index contributed by atoms with van der Waals surface area (Å²) < 4.78 is 31.2. The highest BCUT2D eigenvalue weighted by atomic mass is 32.1. The van der Waals surface area contributed by atoms with Crippen LogP contribution in [0.4, 0.5) is 9.18 Å². The number of carbonyl (C=O) groups excluding carboxylic acids is 1. The molecular formula is C19H19FN4O4S. The molecule has 1 aliphatic rings. The number of carbonyl (C=O) groups is 1. The van der Waals surface area contributed by atoms with Gasteiger partial charge in [-0.15, -0.1) is 10.2 Å². The quantitative estimate of drug-likeness (QED) is 0.635. The fourth-order valence-corrected chi connectivity index (χ4v) is 3.50. The summed E-state index contributed by atoms with van der Waals surface area (Å²) in [4.78, 5) is 15.4. The lowest BCUT2D eigenvalue weighted by atomic mass is 9.85. The van der Waals surface area contributed by atoms with Crippen molar-refractivity contribution in [3.63, 3.8) is 0 Å². The van der Waals surface area contributed by atoms with Crippen LogP contribution in [0.2, 0.25) is 0 Å². The number of ether oxygens (including phenoxy) is 2. The van der Waals surface area contributed by atoms with E-state index in [-0.39, 0.29) is 17.1 Å². The van der Waals surface area contributed by atoms with Crippen molar-refractivity contribution in [1.29, 1.82) is 0 Å². The van der Waals surface area contributed by atoms with Crippen LogP contribution in [0.25, 0.3) is 11.6 Å². The number of aromatic nitrogens is 3. The molecule has 29 heavy (non-hydrogen) atoms. The van der Waals surface area contributed by atoms with E-state index in [2.05, 4.69) is 15.2 Å². The maximum atomic E-state index is 15.0. The third kappa shape index (κ3) is 4.07. The van der Waals surface area contributed by atoms with Crippen molar-refractivity contribution in [2.24, 2.45) is 5.73 Å². The standard InChI is InChI=1S/C19H19FN4O4S/c1-19(2,3)13-11(6-7-12(14(13)20)26-17(21)25)27-18-22-10(8-29-18)16-24-23-15(28-16)9-4-5-9/h6-9H,4-5H2,1-3H3,(H2,21,25). The minimum atomic E-state index is -1.09. The molecule has 0 unspecified atom stereocenters. The highest BCUT2D eigenvalue weighted by molar-refractivity contribution is 7.11. The Morgan fingerprint density at radius 2 is 2.00 bits per heavy atom. The molecule has 4 rings (SSSR count). The number of nitrogens with two attached hydrogens (primary N) is 1. The van der Waals surface area contributed by atoms with Crippen LogP contribution >= 0.6 is 11.3 Å². The maximum absolute atomic E-state index is 15.0. The van der Waals surface area contributed by atoms with Gasteiger partial charge in [-0.25, -0.2) is 9.18 Å². The van der Waals surface area contributed by atoms with Gasteiger partial charge in [0, 0.05) is 16.9 Å². The number of amides is 1. The predicted molar refractivity (Wildman–Crippen MR) is 103 cm³/mol. The van der Waals surface area contributed by atoms with E-state index >= 15 is 0 Å². The zero-order chi connectivity index (χ0) is 20.8. The van der Waals surface area contributed by atoms with Crippen molar-refractivity contribution in [2.45, 2.75) is 44.9 Å². The summed E-state index contributed by atoms with van der Waals surface area (Å²) in [5.41, 5.74) is 5.11. The van der Waals surface area contributed by atoms with Crippen LogP contribution in [0.1, 0.15) is 51.0 Å². The molecule has 8 nitrogen and oxygen atoms in total. The number of thiazole rings is 1. The molecule has 152 valence electrons. The summed E-state index contributed by atoms with van der Waals surface area (Å²) in [7, 11) is 0. The Kier molecular flexibility index (Phi) is 4.73. The van der Waals surface area contributed by atoms with Gasteiger partial charge in [0.1, 0.15) is 11.4 Å². The molecule has 0 spiro atoms. The first kappa shape index (κ1) is 19.3. The van der Waals surface area contributed by atoms with E-state index in [1.165, 1.54) is 23.5 Å². The summed E-state index contributed by atoms with van der Waals surface area (Å²) in [6.07, 6.45) is 1.03. The molecule has 0 aliphatic heterocycles. The number of benzene rings is 1. The molecule has 1 aliphatic carbocycles. The third-order valence-corrected chi connectivity index (χ3v) is 5.01. The summed E-state index contributed by atoms with van der Waals surface area (Å²) >= 11 is 1.22. The van der Waals surface area contributed by atoms with Crippen LogP contribution in [0.5, 0.6) is 16.7 Å². The molecule has 3 aromatic rings. The van der Waals surface area contributed by atoms with Gasteiger partial charge in [0.25, 0.3) is 11.1 Å². The Morgan fingerprint density at radius 3 is 2.66 bits per heavy atom. The lowest BCUT2D eigenvalue weighted by Gasteiger charge is -2.23. The monoisotopic (exact) mass is 418 g/mol. The molecule has 10 heteroatoms. The van der Waals surface area contributed by atoms with E-state index in [1.54, 1.807) is 5.38 Å². The largest absolute Gasteiger partial charge is 0.430 e. The first-order valence-corrected chi connectivity index (χ1v) is 9.87. The topological polar surface area (TPSA) is 113 Å². The molecule has 0 saturated heterocycles. The molecule has 1 aromatic carbocycles. The third-order valence-electron chi connectivity index (χ3n) is 4.30. The van der Waals surface area contributed by atoms with Crippen LogP contribution in [0.15, 0.2) is 21.9 Å². The smallest absolute Gasteiger partial charge is 0.410 e. The van der Waals surface area contributed by atoms with Gasteiger partial charge in [0.2, 0.25) is 5.89 Å². The van der Waals surface area contributed by atoms with Gasteiger partial charge < -0.3 is 19.6 Å². The molecule has 1 fully saturated rings. The number of hydrogen-bond acceptors (Lipinski definition) is 8. The lowest BCUT2D eigenvalue weighted by molar-refractivity contribution is 0.208. The highest BCUT2D eigenvalue weighted by Crippen LogP contribution is 2.42. The average Bonchev–Trinajstić information content (AvgIpc) is 3.17. The summed E-state index contributed by atoms with van der Waals surface area (Å²) in [6, 6.07) is 2.81. The Balaban J connectivity index is 1.62. The van der Waals surface area contributed by atoms with Crippen molar-refractivity contribution in [2.75, 3.05) is 0 Å². The number of hydrogen-bond donors (Lipinski definition) is 1. The molecule has 0 radical (unpaired) electrons. The number of nitrogens with zero attached hydrogens (tertiary/aromatic N) is 3. The van der Waals surface area contributed by atoms with Gasteiger partial charge in [-0.05, 0) is 30.4 Å². The second-order valence-electron chi connectivity index (χ2n) is 7.74. The summed E-state index contributed by atoms with van der Waals surface area (Å²) in [5.74, 6) is 0.591. The van der Waals surface area contributed by atoms with Crippen LogP contribution in [0.3, 0.4) is 0 Å². The lowest BCUT2D eigenvalue weighted by Crippen LogP contribution is -2.20. The van der Waals surface area contributed by atoms with E-state index in [1.807, 2.05) is 20.8 Å². The Morgan fingerprint density at radius 1 is 1.28 bits per heavy atom. The van der Waals surface area contributed by atoms with E-state index in [4.69, 9.17) is 19.6 Å². The molecule has 2 aromatic heterocycles. The summed E-state index contributed by atoms with van der Waals surface area (Å²) in [6.45, 7) is 5.45. The maximum Gasteiger partial charge on any atom is 0.410 e. The highest BCUT2D eigenvalue weighted by Gasteiger charge is 2.30. The van der Waals surface area contributed by atoms with Gasteiger partial charge in [-0.2, -0.15) is 4.98 Å². The minimum Gasteiger partial charge on any atom is -0.430 e. The Bertz CT molecular complexity index is 1070. The van der Waals surface area contributed by atoms with Gasteiger partial charge in [-0.3, -0.25) is 0 Å². The molecular weight excluding hydrogens is 399 g/mol. The molecule has 0 bridgehead atoms. The van der Waals surface area contributed by atoms with Crippen LogP contribution < -0.4 is 15.2 Å².